The highest BCUT2D eigenvalue weighted by molar-refractivity contribution is 5.92. The topological polar surface area (TPSA) is 72.5 Å². The molecule has 0 heterocycles. The zero-order chi connectivity index (χ0) is 12.7. The lowest BCUT2D eigenvalue weighted by molar-refractivity contribution is -0.124. The van der Waals surface area contributed by atoms with Crippen LogP contribution < -0.4 is 5.32 Å². The summed E-state index contributed by atoms with van der Waals surface area (Å²) in [5.41, 5.74) is 0.783. The first-order chi connectivity index (χ1) is 8.17. The molecule has 17 heavy (non-hydrogen) atoms. The zero-order valence-electron chi connectivity index (χ0n) is 9.43. The molecule has 0 aliphatic rings. The number of hydrogen-bond acceptors (Lipinski definition) is 4. The van der Waals surface area contributed by atoms with Crippen LogP contribution in [0.1, 0.15) is 27.6 Å². The van der Waals surface area contributed by atoms with Gasteiger partial charge in [-0.05, 0) is 19.1 Å². The molecule has 1 aromatic carbocycles. The first kappa shape index (κ1) is 12.9. The van der Waals surface area contributed by atoms with Crippen molar-refractivity contribution in [3.63, 3.8) is 0 Å². The molecule has 90 valence electrons. The van der Waals surface area contributed by atoms with Gasteiger partial charge in [0.2, 0.25) is 0 Å². The lowest BCUT2D eigenvalue weighted by atomic mass is 10.1. The van der Waals surface area contributed by atoms with E-state index in [1.165, 1.54) is 24.3 Å². The van der Waals surface area contributed by atoms with Crippen molar-refractivity contribution in [2.45, 2.75) is 6.92 Å². The van der Waals surface area contributed by atoms with Crippen LogP contribution in [0, 0.1) is 0 Å². The maximum atomic E-state index is 11.5. The molecule has 0 aromatic heterocycles. The van der Waals surface area contributed by atoms with Crippen LogP contribution in [-0.2, 0) is 9.53 Å². The highest BCUT2D eigenvalue weighted by Gasteiger charge is 2.09. The minimum atomic E-state index is -0.589. The third-order valence-electron chi connectivity index (χ3n) is 1.99. The third-order valence-corrected chi connectivity index (χ3v) is 1.99. The summed E-state index contributed by atoms with van der Waals surface area (Å²) in [6.45, 7) is 1.96. The van der Waals surface area contributed by atoms with Gasteiger partial charge in [-0.3, -0.25) is 9.59 Å². The average Bonchev–Trinajstić information content (AvgIpc) is 2.36. The summed E-state index contributed by atoms with van der Waals surface area (Å²) in [7, 11) is 0. The summed E-state index contributed by atoms with van der Waals surface area (Å²) in [5, 5.41) is 2.51. The molecule has 0 radical (unpaired) electrons. The lowest BCUT2D eigenvalue weighted by Gasteiger charge is -2.04. The van der Waals surface area contributed by atoms with E-state index in [1.54, 1.807) is 6.92 Å². The minimum absolute atomic E-state index is 0.303. The van der Waals surface area contributed by atoms with Crippen molar-refractivity contribution in [1.29, 1.82) is 0 Å². The molecule has 1 rings (SSSR count). The molecule has 0 aliphatic heterocycles. The maximum Gasteiger partial charge on any atom is 0.338 e. The summed E-state index contributed by atoms with van der Waals surface area (Å²) in [5.74, 6) is -0.931. The number of carbonyl (C=O) groups is 3. The molecule has 0 unspecified atom stereocenters. The van der Waals surface area contributed by atoms with Gasteiger partial charge in [-0.1, -0.05) is 12.1 Å². The minimum Gasteiger partial charge on any atom is -0.452 e. The van der Waals surface area contributed by atoms with Gasteiger partial charge in [-0.25, -0.2) is 4.79 Å². The molecule has 5 nitrogen and oxygen atoms in total. The van der Waals surface area contributed by atoms with E-state index in [1.807, 2.05) is 0 Å². The highest BCUT2D eigenvalue weighted by Crippen LogP contribution is 2.04. The maximum absolute atomic E-state index is 11.5. The van der Waals surface area contributed by atoms with Crippen LogP contribution in [-0.4, -0.2) is 31.3 Å². The second-order valence-corrected chi connectivity index (χ2v) is 3.27. The molecule has 0 atom stereocenters. The summed E-state index contributed by atoms with van der Waals surface area (Å²) < 4.78 is 4.78. The Morgan fingerprint density at radius 1 is 1.29 bits per heavy atom. The van der Waals surface area contributed by atoms with E-state index in [0.29, 0.717) is 24.0 Å². The number of carbonyl (C=O) groups excluding carboxylic acids is 3. The van der Waals surface area contributed by atoms with Crippen LogP contribution in [0.2, 0.25) is 0 Å². The standard InChI is InChI=1S/C12H13NO4/c1-2-13-11(15)8-17-12(16)10-5-3-9(7-14)4-6-10/h3-7H,2,8H2,1H3,(H,13,15). The van der Waals surface area contributed by atoms with E-state index in [4.69, 9.17) is 4.74 Å². The summed E-state index contributed by atoms with van der Waals surface area (Å²) in [6, 6.07) is 5.97. The monoisotopic (exact) mass is 235 g/mol. The van der Waals surface area contributed by atoms with Crippen LogP contribution in [0.15, 0.2) is 24.3 Å². The second-order valence-electron chi connectivity index (χ2n) is 3.27. The predicted octanol–water partition coefficient (Wildman–Crippen LogP) is 0.792. The Kier molecular flexibility index (Phi) is 4.87. The number of ether oxygens (including phenoxy) is 1. The molecular formula is C12H13NO4. The van der Waals surface area contributed by atoms with Crippen molar-refractivity contribution in [2.75, 3.05) is 13.2 Å². The molecule has 1 amide bonds. The molecule has 1 aromatic rings. The summed E-state index contributed by atoms with van der Waals surface area (Å²) >= 11 is 0. The van der Waals surface area contributed by atoms with E-state index in [9.17, 15) is 14.4 Å². The fraction of sp³-hybridized carbons (Fsp3) is 0.250. The summed E-state index contributed by atoms with van der Waals surface area (Å²) in [6.07, 6.45) is 0.684. The fourth-order valence-electron chi connectivity index (χ4n) is 1.16. The van der Waals surface area contributed by atoms with Gasteiger partial charge in [0.05, 0.1) is 5.56 Å². The fourth-order valence-corrected chi connectivity index (χ4v) is 1.16. The summed E-state index contributed by atoms with van der Waals surface area (Å²) in [4.78, 5) is 32.9. The second kappa shape index (κ2) is 6.42. The van der Waals surface area contributed by atoms with E-state index >= 15 is 0 Å². The molecule has 0 bridgehead atoms. The highest BCUT2D eigenvalue weighted by atomic mass is 16.5. The molecule has 1 N–H and O–H groups in total. The van der Waals surface area contributed by atoms with Gasteiger partial charge in [0.25, 0.3) is 5.91 Å². The normalized spacial score (nSPS) is 9.47. The Bertz CT molecular complexity index is 411. The zero-order valence-corrected chi connectivity index (χ0v) is 9.43. The van der Waals surface area contributed by atoms with Crippen molar-refractivity contribution in [1.82, 2.24) is 5.32 Å². The largest absolute Gasteiger partial charge is 0.452 e. The first-order valence-corrected chi connectivity index (χ1v) is 5.16. The Morgan fingerprint density at radius 3 is 2.47 bits per heavy atom. The Morgan fingerprint density at radius 2 is 1.94 bits per heavy atom. The van der Waals surface area contributed by atoms with E-state index in [-0.39, 0.29) is 12.5 Å². The molecule has 0 aliphatic carbocycles. The van der Waals surface area contributed by atoms with Gasteiger partial charge < -0.3 is 10.1 Å². The molecule has 0 saturated carbocycles. The van der Waals surface area contributed by atoms with E-state index in [0.717, 1.165) is 0 Å². The van der Waals surface area contributed by atoms with Gasteiger partial charge in [0.15, 0.2) is 6.61 Å². The van der Waals surface area contributed by atoms with Crippen LogP contribution in [0.5, 0.6) is 0 Å². The smallest absolute Gasteiger partial charge is 0.338 e. The number of amides is 1. The number of aldehydes is 1. The van der Waals surface area contributed by atoms with Crippen molar-refractivity contribution >= 4 is 18.2 Å². The van der Waals surface area contributed by atoms with Crippen LogP contribution in [0.4, 0.5) is 0 Å². The van der Waals surface area contributed by atoms with Gasteiger partial charge in [-0.15, -0.1) is 0 Å². The van der Waals surface area contributed by atoms with Gasteiger partial charge in [0.1, 0.15) is 6.29 Å². The number of benzene rings is 1. The molecule has 0 spiro atoms. The van der Waals surface area contributed by atoms with Gasteiger partial charge >= 0.3 is 5.97 Å². The van der Waals surface area contributed by atoms with Crippen LogP contribution >= 0.6 is 0 Å². The Balaban J connectivity index is 2.52. The quantitative estimate of drug-likeness (QED) is 0.605. The molecule has 5 heteroatoms. The van der Waals surface area contributed by atoms with Crippen LogP contribution in [0.3, 0.4) is 0 Å². The number of rotatable bonds is 5. The lowest BCUT2D eigenvalue weighted by Crippen LogP contribution is -2.28. The Hall–Kier alpha value is -2.17. The van der Waals surface area contributed by atoms with E-state index in [2.05, 4.69) is 5.32 Å². The first-order valence-electron chi connectivity index (χ1n) is 5.16. The number of esters is 1. The van der Waals surface area contributed by atoms with Crippen molar-refractivity contribution in [3.05, 3.63) is 35.4 Å². The average molecular weight is 235 g/mol. The predicted molar refractivity (Wildman–Crippen MR) is 60.8 cm³/mol. The van der Waals surface area contributed by atoms with E-state index < -0.39 is 5.97 Å². The number of likely N-dealkylation sites (N-methyl/N-ethyl adjacent to an activating group) is 1. The van der Waals surface area contributed by atoms with Crippen molar-refractivity contribution in [2.24, 2.45) is 0 Å². The number of nitrogens with one attached hydrogen (secondary N) is 1. The SMILES string of the molecule is CCNC(=O)COC(=O)c1ccc(C=O)cc1. The molecule has 0 saturated heterocycles. The van der Waals surface area contributed by atoms with Gasteiger partial charge in [0, 0.05) is 12.1 Å². The van der Waals surface area contributed by atoms with Gasteiger partial charge in [-0.2, -0.15) is 0 Å². The Labute approximate surface area is 98.8 Å². The van der Waals surface area contributed by atoms with Crippen LogP contribution in [0.25, 0.3) is 0 Å². The number of hydrogen-bond donors (Lipinski definition) is 1. The van der Waals surface area contributed by atoms with Crippen molar-refractivity contribution in [3.8, 4) is 0 Å². The van der Waals surface area contributed by atoms with Crippen molar-refractivity contribution < 1.29 is 19.1 Å². The third kappa shape index (κ3) is 4.06. The molecule has 0 fully saturated rings. The molecular weight excluding hydrogens is 222 g/mol.